The number of nitrogens with one attached hydrogen (secondary N) is 1. The molecule has 24 heavy (non-hydrogen) atoms. The Labute approximate surface area is 137 Å². The molecule has 0 aliphatic carbocycles. The molecular formula is C15H16NO7P. The number of rotatable bonds is 7. The maximum atomic E-state index is 11.7. The molecule has 0 spiro atoms. The highest BCUT2D eigenvalue weighted by atomic mass is 31.2. The fourth-order valence-corrected chi connectivity index (χ4v) is 2.78. The first-order chi connectivity index (χ1) is 11.3. The Bertz CT molecular complexity index is 815. The Morgan fingerprint density at radius 1 is 1.17 bits per heavy atom. The van der Waals surface area contributed by atoms with E-state index in [2.05, 4.69) is 5.32 Å². The van der Waals surface area contributed by atoms with E-state index in [0.29, 0.717) is 16.6 Å². The van der Waals surface area contributed by atoms with Crippen LogP contribution in [-0.2, 0) is 15.8 Å². The second kappa shape index (κ2) is 8.01. The van der Waals surface area contributed by atoms with Gasteiger partial charge < -0.3 is 24.6 Å². The molecule has 0 atom stereocenters. The number of carboxylic acid groups (broad SMARTS) is 1. The molecule has 1 aromatic carbocycles. The minimum Gasteiger partial charge on any atom is -0.481 e. The first-order valence-electron chi connectivity index (χ1n) is 7.09. The molecule has 1 heterocycles. The predicted octanol–water partition coefficient (Wildman–Crippen LogP) is 1.78. The summed E-state index contributed by atoms with van der Waals surface area (Å²) in [6.45, 7) is 0. The molecule has 0 unspecified atom stereocenters. The van der Waals surface area contributed by atoms with E-state index in [4.69, 9.17) is 19.3 Å². The van der Waals surface area contributed by atoms with E-state index in [1.165, 1.54) is 12.1 Å². The molecule has 2 rings (SSSR count). The molecule has 8 nitrogen and oxygen atoms in total. The van der Waals surface area contributed by atoms with Crippen LogP contribution in [0.3, 0.4) is 0 Å². The van der Waals surface area contributed by atoms with Gasteiger partial charge in [-0.3, -0.25) is 9.59 Å². The number of anilines is 1. The molecule has 0 aliphatic heterocycles. The fourth-order valence-electron chi connectivity index (χ4n) is 2.21. The van der Waals surface area contributed by atoms with Crippen LogP contribution in [0.15, 0.2) is 33.5 Å². The van der Waals surface area contributed by atoms with Gasteiger partial charge in [-0.25, -0.2) is 4.79 Å². The zero-order valence-electron chi connectivity index (χ0n) is 12.6. The molecule has 9 heteroatoms. The summed E-state index contributed by atoms with van der Waals surface area (Å²) in [6, 6.07) is 5.87. The van der Waals surface area contributed by atoms with Gasteiger partial charge in [-0.15, -0.1) is 0 Å². The van der Waals surface area contributed by atoms with Gasteiger partial charge in [-0.2, -0.15) is 0 Å². The van der Waals surface area contributed by atoms with E-state index >= 15 is 0 Å². The molecule has 2 aromatic rings. The second-order valence-corrected chi connectivity index (χ2v) is 6.19. The van der Waals surface area contributed by atoms with Gasteiger partial charge in [-0.1, -0.05) is 0 Å². The van der Waals surface area contributed by atoms with Crippen molar-refractivity contribution >= 4 is 36.9 Å². The highest BCUT2D eigenvalue weighted by molar-refractivity contribution is 7.44. The SMILES string of the molecule is O=C(O)CCCC(=O)Nc1ccc2c(CP(O)O)cc(=O)oc2c1. The van der Waals surface area contributed by atoms with Gasteiger partial charge in [0.05, 0.1) is 0 Å². The van der Waals surface area contributed by atoms with E-state index in [0.717, 1.165) is 0 Å². The van der Waals surface area contributed by atoms with Gasteiger partial charge in [0.2, 0.25) is 5.91 Å². The summed E-state index contributed by atoms with van der Waals surface area (Å²) in [6.07, 6.45) is 0.144. The Kier molecular flexibility index (Phi) is 6.03. The Balaban J connectivity index is 2.17. The number of hydrogen-bond acceptors (Lipinski definition) is 6. The van der Waals surface area contributed by atoms with Crippen molar-refractivity contribution in [3.05, 3.63) is 40.2 Å². The summed E-state index contributed by atoms with van der Waals surface area (Å²) < 4.78 is 5.08. The zero-order valence-corrected chi connectivity index (χ0v) is 13.5. The molecule has 4 N–H and O–H groups in total. The summed E-state index contributed by atoms with van der Waals surface area (Å²) in [5, 5.41) is 11.7. The minimum absolute atomic E-state index is 0.0572. The normalized spacial score (nSPS) is 11.0. The molecule has 0 saturated heterocycles. The molecule has 0 saturated carbocycles. The van der Waals surface area contributed by atoms with Gasteiger partial charge in [0.1, 0.15) is 5.58 Å². The number of carboxylic acids is 1. The third-order valence-electron chi connectivity index (χ3n) is 3.22. The van der Waals surface area contributed by atoms with Crippen molar-refractivity contribution in [3.63, 3.8) is 0 Å². The number of hydrogen-bond donors (Lipinski definition) is 4. The predicted molar refractivity (Wildman–Crippen MR) is 87.7 cm³/mol. The van der Waals surface area contributed by atoms with Crippen LogP contribution < -0.4 is 10.9 Å². The van der Waals surface area contributed by atoms with Gasteiger partial charge in [-0.05, 0) is 24.1 Å². The third-order valence-corrected chi connectivity index (χ3v) is 3.84. The largest absolute Gasteiger partial charge is 0.481 e. The molecule has 0 aliphatic rings. The molecule has 1 aromatic heterocycles. The van der Waals surface area contributed by atoms with Crippen LogP contribution >= 0.6 is 8.38 Å². The van der Waals surface area contributed by atoms with Crippen LogP contribution in [0.2, 0.25) is 0 Å². The Morgan fingerprint density at radius 2 is 1.92 bits per heavy atom. The number of aliphatic carboxylic acids is 1. The maximum absolute atomic E-state index is 11.7. The van der Waals surface area contributed by atoms with Crippen molar-refractivity contribution < 1.29 is 28.9 Å². The average molecular weight is 353 g/mol. The van der Waals surface area contributed by atoms with Crippen molar-refractivity contribution in [2.75, 3.05) is 5.32 Å². The monoisotopic (exact) mass is 353 g/mol. The van der Waals surface area contributed by atoms with E-state index in [-0.39, 0.29) is 36.9 Å². The zero-order chi connectivity index (χ0) is 17.7. The fraction of sp³-hybridized carbons (Fsp3) is 0.267. The van der Waals surface area contributed by atoms with Crippen LogP contribution in [0.25, 0.3) is 11.0 Å². The van der Waals surface area contributed by atoms with Crippen LogP contribution in [0.4, 0.5) is 5.69 Å². The molecule has 128 valence electrons. The van der Waals surface area contributed by atoms with Gasteiger partial charge >= 0.3 is 11.6 Å². The second-order valence-electron chi connectivity index (χ2n) is 5.13. The lowest BCUT2D eigenvalue weighted by Crippen LogP contribution is -2.12. The van der Waals surface area contributed by atoms with Crippen LogP contribution in [0, 0.1) is 0 Å². The molecule has 1 amide bonds. The summed E-state index contributed by atoms with van der Waals surface area (Å²) >= 11 is 0. The highest BCUT2D eigenvalue weighted by Crippen LogP contribution is 2.32. The number of carbonyl (C=O) groups excluding carboxylic acids is 1. The lowest BCUT2D eigenvalue weighted by molar-refractivity contribution is -0.137. The smallest absolute Gasteiger partial charge is 0.336 e. The van der Waals surface area contributed by atoms with Gasteiger partial charge in [0, 0.05) is 42.2 Å². The Morgan fingerprint density at radius 3 is 2.58 bits per heavy atom. The molecule has 0 bridgehead atoms. The highest BCUT2D eigenvalue weighted by Gasteiger charge is 2.11. The summed E-state index contributed by atoms with van der Waals surface area (Å²) in [5.74, 6) is -1.31. The number of benzene rings is 1. The first kappa shape index (κ1) is 18.1. The van der Waals surface area contributed by atoms with Crippen molar-refractivity contribution in [1.82, 2.24) is 0 Å². The van der Waals surface area contributed by atoms with Crippen molar-refractivity contribution in [3.8, 4) is 0 Å². The number of fused-ring (bicyclic) bond motifs is 1. The third kappa shape index (κ3) is 5.13. The Hall–Kier alpha value is -2.28. The quantitative estimate of drug-likeness (QED) is 0.440. The van der Waals surface area contributed by atoms with Crippen LogP contribution in [0.5, 0.6) is 0 Å². The van der Waals surface area contributed by atoms with E-state index < -0.39 is 20.0 Å². The van der Waals surface area contributed by atoms with Crippen molar-refractivity contribution in [2.45, 2.75) is 25.4 Å². The maximum Gasteiger partial charge on any atom is 0.336 e. The molecule has 0 fully saturated rings. The summed E-state index contributed by atoms with van der Waals surface area (Å²) in [5.41, 5.74) is 0.451. The van der Waals surface area contributed by atoms with Crippen LogP contribution in [-0.4, -0.2) is 26.8 Å². The lowest BCUT2D eigenvalue weighted by atomic mass is 10.1. The first-order valence-corrected chi connectivity index (χ1v) is 8.52. The average Bonchev–Trinajstić information content (AvgIpc) is 2.45. The number of amides is 1. The van der Waals surface area contributed by atoms with Crippen molar-refractivity contribution in [1.29, 1.82) is 0 Å². The van der Waals surface area contributed by atoms with Gasteiger partial charge in [0.25, 0.3) is 0 Å². The van der Waals surface area contributed by atoms with E-state index in [1.54, 1.807) is 12.1 Å². The molecule has 0 radical (unpaired) electrons. The van der Waals surface area contributed by atoms with E-state index in [1.807, 2.05) is 0 Å². The molecular weight excluding hydrogens is 337 g/mol. The lowest BCUT2D eigenvalue weighted by Gasteiger charge is -2.09. The topological polar surface area (TPSA) is 137 Å². The van der Waals surface area contributed by atoms with Crippen molar-refractivity contribution in [2.24, 2.45) is 0 Å². The standard InChI is InChI=1S/C15H16NO7P/c17-13(2-1-3-14(18)19)16-10-4-5-11-9(8-24(21)22)6-15(20)23-12(11)7-10/h4-7,21-22H,1-3,8H2,(H,16,17)(H,18,19). The van der Waals surface area contributed by atoms with Gasteiger partial charge in [0.15, 0.2) is 8.38 Å². The van der Waals surface area contributed by atoms with Crippen LogP contribution in [0.1, 0.15) is 24.8 Å². The minimum atomic E-state index is -2.19. The summed E-state index contributed by atoms with van der Waals surface area (Å²) in [7, 11) is -2.19. The summed E-state index contributed by atoms with van der Waals surface area (Å²) in [4.78, 5) is 52.0. The number of carbonyl (C=O) groups is 2. The van der Waals surface area contributed by atoms with E-state index in [9.17, 15) is 14.4 Å².